The Bertz CT molecular complexity index is 560. The first-order valence-electron chi connectivity index (χ1n) is 5.22. The van der Waals surface area contributed by atoms with Gasteiger partial charge in [0.2, 0.25) is 5.75 Å². The van der Waals surface area contributed by atoms with Gasteiger partial charge in [-0.3, -0.25) is 14.9 Å². The van der Waals surface area contributed by atoms with Crippen molar-refractivity contribution in [1.29, 1.82) is 0 Å². The van der Waals surface area contributed by atoms with Crippen LogP contribution in [0.5, 0.6) is 11.6 Å². The lowest BCUT2D eigenvalue weighted by Gasteiger charge is -2.11. The summed E-state index contributed by atoms with van der Waals surface area (Å²) in [7, 11) is 2.08. The molecule has 0 fully saturated rings. The van der Waals surface area contributed by atoms with Crippen molar-refractivity contribution in [3.05, 3.63) is 21.9 Å². The smallest absolute Gasteiger partial charge is 0.490 e. The number of ether oxygens (including phenoxy) is 3. The third-order valence-electron chi connectivity index (χ3n) is 2.15. The molecule has 0 atom stereocenters. The Morgan fingerprint density at radius 2 is 2.05 bits per heavy atom. The van der Waals surface area contributed by atoms with E-state index in [1.54, 1.807) is 0 Å². The van der Waals surface area contributed by atoms with Gasteiger partial charge in [0.25, 0.3) is 0 Å². The Hall–Kier alpha value is -2.59. The Kier molecular flexibility index (Phi) is 4.89. The molecule has 0 aliphatic rings. The summed E-state index contributed by atoms with van der Waals surface area (Å²) in [5.74, 6) is -2.63. The van der Waals surface area contributed by atoms with Crippen LogP contribution in [0.4, 0.5) is 18.9 Å². The van der Waals surface area contributed by atoms with E-state index in [2.05, 4.69) is 19.2 Å². The fourth-order valence-corrected chi connectivity index (χ4v) is 1.36. The van der Waals surface area contributed by atoms with Crippen LogP contribution in [-0.4, -0.2) is 36.5 Å². The molecule has 0 amide bonds. The second-order valence-corrected chi connectivity index (χ2v) is 3.53. The lowest BCUT2D eigenvalue weighted by Crippen LogP contribution is -2.20. The summed E-state index contributed by atoms with van der Waals surface area (Å²) >= 11 is 0. The standard InChI is InChI=1S/C10H9F3N2O6/c1-19-6-3-5(4-7(16)20-2)14-9(8(6)15(17)18)21-10(11,12)13/h3H,4H2,1-2H3. The lowest BCUT2D eigenvalue weighted by molar-refractivity contribution is -0.390. The minimum atomic E-state index is -5.19. The van der Waals surface area contributed by atoms with Gasteiger partial charge in [0, 0.05) is 6.07 Å². The topological polar surface area (TPSA) is 101 Å². The van der Waals surface area contributed by atoms with E-state index in [9.17, 15) is 28.1 Å². The molecule has 0 aromatic carbocycles. The predicted molar refractivity (Wildman–Crippen MR) is 59.8 cm³/mol. The fraction of sp³-hybridized carbons (Fsp3) is 0.400. The summed E-state index contributed by atoms with van der Waals surface area (Å²) in [6.45, 7) is 0. The number of alkyl halides is 3. The van der Waals surface area contributed by atoms with E-state index in [0.29, 0.717) is 0 Å². The second-order valence-electron chi connectivity index (χ2n) is 3.53. The molecular formula is C10H9F3N2O6. The Morgan fingerprint density at radius 1 is 1.43 bits per heavy atom. The van der Waals surface area contributed by atoms with Gasteiger partial charge < -0.3 is 14.2 Å². The number of carbonyl (C=O) groups is 1. The number of hydrogen-bond donors (Lipinski definition) is 0. The van der Waals surface area contributed by atoms with Crippen LogP contribution in [0.3, 0.4) is 0 Å². The molecule has 0 bridgehead atoms. The van der Waals surface area contributed by atoms with E-state index in [4.69, 9.17) is 0 Å². The van der Waals surface area contributed by atoms with Crippen LogP contribution < -0.4 is 9.47 Å². The van der Waals surface area contributed by atoms with Crippen LogP contribution in [0.25, 0.3) is 0 Å². The maximum atomic E-state index is 12.3. The van der Waals surface area contributed by atoms with Crippen molar-refractivity contribution in [3.8, 4) is 11.6 Å². The molecule has 1 aromatic rings. The molecule has 0 radical (unpaired) electrons. The van der Waals surface area contributed by atoms with E-state index >= 15 is 0 Å². The molecule has 8 nitrogen and oxygen atoms in total. The average molecular weight is 310 g/mol. The number of esters is 1. The summed E-state index contributed by atoms with van der Waals surface area (Å²) in [6, 6.07) is 0.957. The second kappa shape index (κ2) is 6.24. The van der Waals surface area contributed by atoms with Gasteiger partial charge in [-0.2, -0.15) is 0 Å². The van der Waals surface area contributed by atoms with Gasteiger partial charge in [-0.1, -0.05) is 0 Å². The van der Waals surface area contributed by atoms with Gasteiger partial charge in [0.1, 0.15) is 0 Å². The third kappa shape index (κ3) is 4.47. The number of hydrogen-bond acceptors (Lipinski definition) is 7. The Labute approximate surface area is 115 Å². The maximum Gasteiger partial charge on any atom is 0.574 e. The minimum Gasteiger partial charge on any atom is -0.490 e. The van der Waals surface area contributed by atoms with Gasteiger partial charge >= 0.3 is 23.9 Å². The number of nitro groups is 1. The number of halogens is 3. The van der Waals surface area contributed by atoms with Gasteiger partial charge in [-0.25, -0.2) is 4.98 Å². The zero-order valence-electron chi connectivity index (χ0n) is 10.8. The van der Waals surface area contributed by atoms with E-state index in [0.717, 1.165) is 20.3 Å². The number of methoxy groups -OCH3 is 2. The highest BCUT2D eigenvalue weighted by Gasteiger charge is 2.37. The first-order valence-corrected chi connectivity index (χ1v) is 5.22. The number of nitrogens with zero attached hydrogens (tertiary/aromatic N) is 2. The van der Waals surface area contributed by atoms with Crippen molar-refractivity contribution in [2.24, 2.45) is 0 Å². The highest BCUT2D eigenvalue weighted by atomic mass is 19.4. The van der Waals surface area contributed by atoms with Crippen LogP contribution in [0, 0.1) is 10.1 Å². The monoisotopic (exact) mass is 310 g/mol. The highest BCUT2D eigenvalue weighted by molar-refractivity contribution is 5.72. The van der Waals surface area contributed by atoms with Crippen molar-refractivity contribution in [2.75, 3.05) is 14.2 Å². The lowest BCUT2D eigenvalue weighted by atomic mass is 10.2. The summed E-state index contributed by atoms with van der Waals surface area (Å²) in [5, 5.41) is 10.8. The van der Waals surface area contributed by atoms with Crippen molar-refractivity contribution < 1.29 is 37.1 Å². The fourth-order valence-electron chi connectivity index (χ4n) is 1.36. The number of pyridine rings is 1. The largest absolute Gasteiger partial charge is 0.574 e. The van der Waals surface area contributed by atoms with Gasteiger partial charge in [-0.05, 0) is 0 Å². The quantitative estimate of drug-likeness (QED) is 0.462. The molecule has 1 aromatic heterocycles. The molecule has 0 unspecified atom stereocenters. The van der Waals surface area contributed by atoms with Crippen LogP contribution in [-0.2, 0) is 16.0 Å². The molecule has 0 aliphatic carbocycles. The van der Waals surface area contributed by atoms with Gasteiger partial charge in [0.05, 0.1) is 31.3 Å². The van der Waals surface area contributed by atoms with E-state index in [1.165, 1.54) is 0 Å². The molecular weight excluding hydrogens is 301 g/mol. The SMILES string of the molecule is COC(=O)Cc1cc(OC)c([N+](=O)[O-])c(OC(F)(F)F)n1. The van der Waals surface area contributed by atoms with Crippen molar-refractivity contribution in [1.82, 2.24) is 4.98 Å². The zero-order valence-corrected chi connectivity index (χ0v) is 10.8. The summed E-state index contributed by atoms with van der Waals surface area (Å²) in [5.41, 5.74) is -1.33. The maximum absolute atomic E-state index is 12.3. The Morgan fingerprint density at radius 3 is 2.48 bits per heavy atom. The molecule has 1 rings (SSSR count). The first kappa shape index (κ1) is 16.5. The minimum absolute atomic E-state index is 0.233. The summed E-state index contributed by atoms with van der Waals surface area (Å²) in [4.78, 5) is 24.1. The molecule has 0 N–H and O–H groups in total. The zero-order chi connectivity index (χ0) is 16.2. The normalized spacial score (nSPS) is 10.9. The van der Waals surface area contributed by atoms with Gasteiger partial charge in [0.15, 0.2) is 0 Å². The molecule has 11 heteroatoms. The number of aromatic nitrogens is 1. The van der Waals surface area contributed by atoms with E-state index < -0.39 is 41.0 Å². The highest BCUT2D eigenvalue weighted by Crippen LogP contribution is 2.38. The van der Waals surface area contributed by atoms with E-state index in [-0.39, 0.29) is 5.69 Å². The van der Waals surface area contributed by atoms with Crippen LogP contribution >= 0.6 is 0 Å². The average Bonchev–Trinajstić information content (AvgIpc) is 2.35. The van der Waals surface area contributed by atoms with Crippen molar-refractivity contribution in [2.45, 2.75) is 12.8 Å². The van der Waals surface area contributed by atoms with Crippen LogP contribution in [0.2, 0.25) is 0 Å². The number of carbonyl (C=O) groups excluding carboxylic acids is 1. The predicted octanol–water partition coefficient (Wildman–Crippen LogP) is 1.61. The molecule has 116 valence electrons. The van der Waals surface area contributed by atoms with Crippen molar-refractivity contribution >= 4 is 11.7 Å². The molecule has 21 heavy (non-hydrogen) atoms. The third-order valence-corrected chi connectivity index (χ3v) is 2.15. The van der Waals surface area contributed by atoms with Crippen molar-refractivity contribution in [3.63, 3.8) is 0 Å². The Balaban J connectivity index is 3.37. The van der Waals surface area contributed by atoms with E-state index in [1.807, 2.05) is 0 Å². The molecule has 0 saturated carbocycles. The molecule has 0 aliphatic heterocycles. The van der Waals surface area contributed by atoms with Crippen LogP contribution in [0.1, 0.15) is 5.69 Å². The molecule has 0 spiro atoms. The molecule has 1 heterocycles. The number of rotatable bonds is 5. The summed E-state index contributed by atoms with van der Waals surface area (Å²) in [6.07, 6.45) is -5.69. The van der Waals surface area contributed by atoms with Gasteiger partial charge in [-0.15, -0.1) is 13.2 Å². The molecule has 0 saturated heterocycles. The van der Waals surface area contributed by atoms with Crippen LogP contribution in [0.15, 0.2) is 6.07 Å². The summed E-state index contributed by atoms with van der Waals surface area (Å²) < 4.78 is 49.3. The first-order chi connectivity index (χ1) is 9.67.